The van der Waals surface area contributed by atoms with Crippen molar-refractivity contribution in [2.24, 2.45) is 5.92 Å². The third kappa shape index (κ3) is 4.33. The van der Waals surface area contributed by atoms with E-state index in [1.165, 1.54) is 0 Å². The molecule has 0 spiro atoms. The van der Waals surface area contributed by atoms with E-state index in [0.717, 1.165) is 21.6 Å². The second-order valence-corrected chi connectivity index (χ2v) is 8.30. The van der Waals surface area contributed by atoms with E-state index < -0.39 is 0 Å². The average molecular weight is 361 g/mol. The number of aromatic nitrogens is 4. The minimum absolute atomic E-state index is 0.0147. The SMILES string of the molecule is CC(C)CNc1nnc(SC(C)c2nc(-c3ccccc3)no2)s1. The molecule has 8 heteroatoms. The molecule has 0 radical (unpaired) electrons. The first kappa shape index (κ1) is 16.9. The Kier molecular flexibility index (Phi) is 5.47. The molecule has 0 saturated heterocycles. The van der Waals surface area contributed by atoms with Crippen LogP contribution in [0.4, 0.5) is 5.13 Å². The molecule has 6 nitrogen and oxygen atoms in total. The van der Waals surface area contributed by atoms with E-state index in [4.69, 9.17) is 4.52 Å². The van der Waals surface area contributed by atoms with Gasteiger partial charge in [0.05, 0.1) is 5.25 Å². The van der Waals surface area contributed by atoms with Gasteiger partial charge in [-0.2, -0.15) is 4.98 Å². The van der Waals surface area contributed by atoms with Crippen molar-refractivity contribution < 1.29 is 4.52 Å². The van der Waals surface area contributed by atoms with Gasteiger partial charge in [0.2, 0.25) is 16.8 Å². The van der Waals surface area contributed by atoms with Gasteiger partial charge in [-0.1, -0.05) is 72.4 Å². The molecule has 0 amide bonds. The van der Waals surface area contributed by atoms with Crippen molar-refractivity contribution in [3.63, 3.8) is 0 Å². The van der Waals surface area contributed by atoms with E-state index in [0.29, 0.717) is 17.6 Å². The van der Waals surface area contributed by atoms with Crippen molar-refractivity contribution in [1.29, 1.82) is 0 Å². The van der Waals surface area contributed by atoms with Crippen molar-refractivity contribution in [3.8, 4) is 11.4 Å². The quantitative estimate of drug-likeness (QED) is 0.620. The van der Waals surface area contributed by atoms with Crippen LogP contribution in [0, 0.1) is 5.92 Å². The van der Waals surface area contributed by atoms with Crippen molar-refractivity contribution in [2.75, 3.05) is 11.9 Å². The number of benzene rings is 1. The maximum atomic E-state index is 5.40. The minimum atomic E-state index is 0.0147. The van der Waals surface area contributed by atoms with Gasteiger partial charge in [-0.05, 0) is 12.8 Å². The standard InChI is InChI=1S/C16H19N5OS2/c1-10(2)9-17-15-19-20-16(24-15)23-11(3)14-18-13(21-22-14)12-7-5-4-6-8-12/h4-8,10-11H,9H2,1-3H3,(H,17,19). The first-order valence-electron chi connectivity index (χ1n) is 7.75. The zero-order chi connectivity index (χ0) is 16.9. The first-order chi connectivity index (χ1) is 11.6. The number of nitrogens with zero attached hydrogens (tertiary/aromatic N) is 4. The van der Waals surface area contributed by atoms with E-state index in [1.54, 1.807) is 23.1 Å². The van der Waals surface area contributed by atoms with Crippen LogP contribution >= 0.6 is 23.1 Å². The summed E-state index contributed by atoms with van der Waals surface area (Å²) < 4.78 is 6.28. The molecule has 2 aromatic heterocycles. The van der Waals surface area contributed by atoms with Crippen LogP contribution in [0.5, 0.6) is 0 Å². The van der Waals surface area contributed by atoms with Crippen LogP contribution in [0.2, 0.25) is 0 Å². The third-order valence-electron chi connectivity index (χ3n) is 3.17. The summed E-state index contributed by atoms with van der Waals surface area (Å²) in [7, 11) is 0. The molecule has 0 saturated carbocycles. The summed E-state index contributed by atoms with van der Waals surface area (Å²) >= 11 is 3.11. The molecule has 1 atom stereocenters. The van der Waals surface area contributed by atoms with Crippen LogP contribution in [0.15, 0.2) is 39.2 Å². The molecule has 126 valence electrons. The van der Waals surface area contributed by atoms with Crippen LogP contribution < -0.4 is 5.32 Å². The topological polar surface area (TPSA) is 76.7 Å². The first-order valence-corrected chi connectivity index (χ1v) is 9.44. The summed E-state index contributed by atoms with van der Waals surface area (Å²) in [5.41, 5.74) is 0.945. The van der Waals surface area contributed by atoms with Gasteiger partial charge in [-0.3, -0.25) is 0 Å². The van der Waals surface area contributed by atoms with Gasteiger partial charge in [-0.15, -0.1) is 10.2 Å². The lowest BCUT2D eigenvalue weighted by molar-refractivity contribution is 0.381. The van der Waals surface area contributed by atoms with Crippen molar-refractivity contribution in [1.82, 2.24) is 20.3 Å². The van der Waals surface area contributed by atoms with Crippen LogP contribution in [0.25, 0.3) is 11.4 Å². The Morgan fingerprint density at radius 2 is 1.96 bits per heavy atom. The normalized spacial score (nSPS) is 12.5. The van der Waals surface area contributed by atoms with Gasteiger partial charge in [-0.25, -0.2) is 0 Å². The fourth-order valence-electron chi connectivity index (χ4n) is 1.93. The molecule has 2 heterocycles. The number of nitrogens with one attached hydrogen (secondary N) is 1. The number of hydrogen-bond acceptors (Lipinski definition) is 8. The highest BCUT2D eigenvalue weighted by Gasteiger charge is 2.18. The van der Waals surface area contributed by atoms with E-state index in [-0.39, 0.29) is 5.25 Å². The molecule has 0 aliphatic carbocycles. The highest BCUT2D eigenvalue weighted by molar-refractivity contribution is 8.01. The number of hydrogen-bond donors (Lipinski definition) is 1. The Morgan fingerprint density at radius 3 is 2.71 bits per heavy atom. The summed E-state index contributed by atoms with van der Waals surface area (Å²) in [6, 6.07) is 9.80. The summed E-state index contributed by atoms with van der Waals surface area (Å²) in [4.78, 5) is 4.49. The smallest absolute Gasteiger partial charge is 0.240 e. The molecular weight excluding hydrogens is 342 g/mol. The molecule has 24 heavy (non-hydrogen) atoms. The lowest BCUT2D eigenvalue weighted by Crippen LogP contribution is -2.07. The summed E-state index contributed by atoms with van der Waals surface area (Å²) in [5.74, 6) is 1.76. The Morgan fingerprint density at radius 1 is 1.17 bits per heavy atom. The predicted molar refractivity (Wildman–Crippen MR) is 97.2 cm³/mol. The summed E-state index contributed by atoms with van der Waals surface area (Å²) in [6.45, 7) is 7.23. The number of thioether (sulfide) groups is 1. The van der Waals surface area contributed by atoms with Crippen LogP contribution in [0.1, 0.15) is 31.9 Å². The van der Waals surface area contributed by atoms with Crippen LogP contribution in [0.3, 0.4) is 0 Å². The number of rotatable bonds is 7. The third-order valence-corrected chi connectivity index (χ3v) is 5.22. The Bertz CT molecular complexity index is 772. The lowest BCUT2D eigenvalue weighted by Gasteiger charge is -2.04. The van der Waals surface area contributed by atoms with Gasteiger partial charge in [0, 0.05) is 12.1 Å². The molecule has 0 aliphatic heterocycles. The van der Waals surface area contributed by atoms with Crippen molar-refractivity contribution in [2.45, 2.75) is 30.4 Å². The summed E-state index contributed by atoms with van der Waals surface area (Å²) in [6.07, 6.45) is 0. The van der Waals surface area contributed by atoms with Crippen molar-refractivity contribution in [3.05, 3.63) is 36.2 Å². The van der Waals surface area contributed by atoms with E-state index in [1.807, 2.05) is 37.3 Å². The molecule has 1 N–H and O–H groups in total. The number of anilines is 1. The molecular formula is C16H19N5OS2. The molecule has 3 rings (SSSR count). The highest BCUT2D eigenvalue weighted by Crippen LogP contribution is 2.37. The van der Waals surface area contributed by atoms with Crippen molar-refractivity contribution >= 4 is 28.2 Å². The largest absolute Gasteiger partial charge is 0.360 e. The van der Waals surface area contributed by atoms with Gasteiger partial charge in [0.1, 0.15) is 0 Å². The fraction of sp³-hybridized carbons (Fsp3) is 0.375. The molecule has 0 aliphatic rings. The molecule has 1 unspecified atom stereocenters. The second kappa shape index (κ2) is 7.76. The Balaban J connectivity index is 1.63. The monoisotopic (exact) mass is 361 g/mol. The van der Waals surface area contributed by atoms with E-state index in [9.17, 15) is 0 Å². The molecule has 1 aromatic carbocycles. The van der Waals surface area contributed by atoms with Crippen LogP contribution in [-0.2, 0) is 0 Å². The minimum Gasteiger partial charge on any atom is -0.360 e. The van der Waals surface area contributed by atoms with Crippen LogP contribution in [-0.4, -0.2) is 26.9 Å². The second-order valence-electron chi connectivity index (χ2n) is 5.73. The maximum Gasteiger partial charge on any atom is 0.240 e. The molecule has 3 aromatic rings. The lowest BCUT2D eigenvalue weighted by atomic mass is 10.2. The van der Waals surface area contributed by atoms with E-state index in [2.05, 4.69) is 39.5 Å². The van der Waals surface area contributed by atoms with E-state index >= 15 is 0 Å². The van der Waals surface area contributed by atoms with Gasteiger partial charge >= 0.3 is 0 Å². The highest BCUT2D eigenvalue weighted by atomic mass is 32.2. The zero-order valence-electron chi connectivity index (χ0n) is 13.8. The fourth-order valence-corrected chi connectivity index (χ4v) is 3.86. The summed E-state index contributed by atoms with van der Waals surface area (Å²) in [5, 5.41) is 16.6. The molecule has 0 fully saturated rings. The molecule has 0 bridgehead atoms. The Hall–Kier alpha value is -1.93. The average Bonchev–Trinajstić information content (AvgIpc) is 3.23. The predicted octanol–water partition coefficient (Wildman–Crippen LogP) is 4.51. The van der Waals surface area contributed by atoms with Gasteiger partial charge in [0.15, 0.2) is 4.34 Å². The maximum absolute atomic E-state index is 5.40. The zero-order valence-corrected chi connectivity index (χ0v) is 15.4. The van der Waals surface area contributed by atoms with Gasteiger partial charge in [0.25, 0.3) is 0 Å². The van der Waals surface area contributed by atoms with Gasteiger partial charge < -0.3 is 9.84 Å². The Labute approximate surface area is 149 Å².